The first kappa shape index (κ1) is 19.3. The molecule has 0 saturated heterocycles. The Bertz CT molecular complexity index is 1170. The Morgan fingerprint density at radius 1 is 1.03 bits per heavy atom. The summed E-state index contributed by atoms with van der Waals surface area (Å²) in [5.74, 6) is 0.835. The third-order valence-corrected chi connectivity index (χ3v) is 4.81. The Morgan fingerprint density at radius 3 is 2.62 bits per heavy atom. The van der Waals surface area contributed by atoms with Crippen molar-refractivity contribution in [2.75, 3.05) is 6.61 Å². The van der Waals surface area contributed by atoms with Crippen molar-refractivity contribution in [1.82, 2.24) is 9.97 Å². The summed E-state index contributed by atoms with van der Waals surface area (Å²) >= 11 is 12.0. The van der Waals surface area contributed by atoms with Gasteiger partial charge in [-0.2, -0.15) is 0 Å². The van der Waals surface area contributed by atoms with E-state index in [2.05, 4.69) is 9.97 Å². The molecular formula is C22H16Cl2N2O3. The van der Waals surface area contributed by atoms with Crippen molar-refractivity contribution in [2.45, 2.75) is 6.92 Å². The molecule has 1 heterocycles. The van der Waals surface area contributed by atoms with Crippen molar-refractivity contribution >= 4 is 40.2 Å². The Morgan fingerprint density at radius 2 is 1.86 bits per heavy atom. The molecule has 0 unspecified atom stereocenters. The number of esters is 1. The molecule has 146 valence electrons. The average molecular weight is 427 g/mol. The maximum atomic E-state index is 12.6. The minimum atomic E-state index is -0.593. The molecule has 0 radical (unpaired) electrons. The number of rotatable bonds is 5. The number of fused-ring (bicyclic) bond motifs is 1. The number of ether oxygens (including phenoxy) is 2. The molecule has 0 aliphatic heterocycles. The highest BCUT2D eigenvalue weighted by molar-refractivity contribution is 6.36. The van der Waals surface area contributed by atoms with E-state index in [0.29, 0.717) is 29.0 Å². The van der Waals surface area contributed by atoms with Crippen molar-refractivity contribution in [2.24, 2.45) is 0 Å². The van der Waals surface area contributed by atoms with Gasteiger partial charge in [0, 0.05) is 10.6 Å². The topological polar surface area (TPSA) is 64.2 Å². The minimum absolute atomic E-state index is 0.222. The van der Waals surface area contributed by atoms with Crippen LogP contribution in [-0.4, -0.2) is 22.5 Å². The van der Waals surface area contributed by atoms with Gasteiger partial charge in [-0.15, -0.1) is 0 Å². The number of aromatic amines is 1. The van der Waals surface area contributed by atoms with Crippen LogP contribution in [-0.2, 0) is 0 Å². The second-order valence-corrected chi connectivity index (χ2v) is 7.05. The van der Waals surface area contributed by atoms with Crippen LogP contribution in [0.1, 0.15) is 17.3 Å². The molecule has 1 aromatic heterocycles. The quantitative estimate of drug-likeness (QED) is 0.306. The Labute approximate surface area is 177 Å². The standard InChI is InChI=1S/C22H16Cl2N2O3/c1-2-28-20-11-13(21-25-17-5-3-4-6-18(17)26-21)7-10-19(20)29-22(27)15-9-8-14(23)12-16(15)24/h3-12H,2H2,1H3,(H,25,26). The van der Waals surface area contributed by atoms with Gasteiger partial charge in [-0.3, -0.25) is 0 Å². The van der Waals surface area contributed by atoms with Crippen LogP contribution in [0.3, 0.4) is 0 Å². The molecule has 5 nitrogen and oxygen atoms in total. The summed E-state index contributed by atoms with van der Waals surface area (Å²) in [7, 11) is 0. The van der Waals surface area contributed by atoms with Gasteiger partial charge in [0.2, 0.25) is 0 Å². The molecule has 7 heteroatoms. The van der Waals surface area contributed by atoms with Crippen LogP contribution >= 0.6 is 23.2 Å². The first-order valence-electron chi connectivity index (χ1n) is 8.94. The molecule has 0 fully saturated rings. The fourth-order valence-electron chi connectivity index (χ4n) is 2.91. The highest BCUT2D eigenvalue weighted by atomic mass is 35.5. The number of para-hydroxylation sites is 2. The van der Waals surface area contributed by atoms with Crippen LogP contribution in [0.5, 0.6) is 11.5 Å². The number of nitrogens with one attached hydrogen (secondary N) is 1. The average Bonchev–Trinajstić information content (AvgIpc) is 3.13. The van der Waals surface area contributed by atoms with Crippen LogP contribution in [0.4, 0.5) is 0 Å². The monoisotopic (exact) mass is 426 g/mol. The van der Waals surface area contributed by atoms with Gasteiger partial charge in [0.15, 0.2) is 11.5 Å². The SMILES string of the molecule is CCOc1cc(-c2nc3ccccc3[nH]2)ccc1OC(=O)c1ccc(Cl)cc1Cl. The molecule has 0 amide bonds. The van der Waals surface area contributed by atoms with E-state index < -0.39 is 5.97 Å². The highest BCUT2D eigenvalue weighted by Gasteiger charge is 2.17. The van der Waals surface area contributed by atoms with Crippen molar-refractivity contribution in [3.8, 4) is 22.9 Å². The lowest BCUT2D eigenvalue weighted by atomic mass is 10.2. The first-order chi connectivity index (χ1) is 14.0. The zero-order valence-corrected chi connectivity index (χ0v) is 16.9. The number of hydrogen-bond donors (Lipinski definition) is 1. The summed E-state index contributed by atoms with van der Waals surface area (Å²) in [6, 6.07) is 17.6. The van der Waals surface area contributed by atoms with Gasteiger partial charge in [0.05, 0.1) is 28.2 Å². The maximum absolute atomic E-state index is 12.6. The molecule has 0 spiro atoms. The van der Waals surface area contributed by atoms with E-state index in [-0.39, 0.29) is 10.6 Å². The molecule has 4 rings (SSSR count). The number of halogens is 2. The van der Waals surface area contributed by atoms with Gasteiger partial charge in [-0.1, -0.05) is 35.3 Å². The second kappa shape index (κ2) is 8.15. The second-order valence-electron chi connectivity index (χ2n) is 6.21. The van der Waals surface area contributed by atoms with Crippen LogP contribution in [0.25, 0.3) is 22.4 Å². The number of carbonyl (C=O) groups is 1. The lowest BCUT2D eigenvalue weighted by molar-refractivity contribution is 0.0728. The molecule has 3 aromatic carbocycles. The third kappa shape index (κ3) is 4.06. The maximum Gasteiger partial charge on any atom is 0.345 e. The number of aromatic nitrogens is 2. The minimum Gasteiger partial charge on any atom is -0.490 e. The largest absolute Gasteiger partial charge is 0.490 e. The number of nitrogens with zero attached hydrogens (tertiary/aromatic N) is 1. The Hall–Kier alpha value is -3.02. The van der Waals surface area contributed by atoms with Crippen molar-refractivity contribution in [1.29, 1.82) is 0 Å². The fraction of sp³-hybridized carbons (Fsp3) is 0.0909. The van der Waals surface area contributed by atoms with Crippen LogP contribution in [0.15, 0.2) is 60.7 Å². The van der Waals surface area contributed by atoms with Crippen LogP contribution in [0.2, 0.25) is 10.0 Å². The first-order valence-corrected chi connectivity index (χ1v) is 9.70. The zero-order valence-electron chi connectivity index (χ0n) is 15.4. The van der Waals surface area contributed by atoms with E-state index in [4.69, 9.17) is 32.7 Å². The summed E-state index contributed by atoms with van der Waals surface area (Å²) in [6.07, 6.45) is 0. The van der Waals surface area contributed by atoms with Gasteiger partial charge in [0.1, 0.15) is 5.82 Å². The number of hydrogen-bond acceptors (Lipinski definition) is 4. The normalized spacial score (nSPS) is 10.9. The zero-order chi connectivity index (χ0) is 20.4. The van der Waals surface area contributed by atoms with E-state index >= 15 is 0 Å². The Balaban J connectivity index is 1.66. The molecular weight excluding hydrogens is 411 g/mol. The molecule has 1 N–H and O–H groups in total. The number of benzene rings is 3. The predicted octanol–water partition coefficient (Wildman–Crippen LogP) is 6.15. The smallest absolute Gasteiger partial charge is 0.345 e. The van der Waals surface area contributed by atoms with E-state index in [1.54, 1.807) is 18.2 Å². The lowest BCUT2D eigenvalue weighted by Crippen LogP contribution is -2.10. The van der Waals surface area contributed by atoms with Gasteiger partial charge in [0.25, 0.3) is 0 Å². The molecule has 0 aliphatic rings. The lowest BCUT2D eigenvalue weighted by Gasteiger charge is -2.12. The van der Waals surface area contributed by atoms with Crippen molar-refractivity contribution in [3.63, 3.8) is 0 Å². The summed E-state index contributed by atoms with van der Waals surface area (Å²) in [5.41, 5.74) is 2.84. The summed E-state index contributed by atoms with van der Waals surface area (Å²) in [6.45, 7) is 2.27. The van der Waals surface area contributed by atoms with Gasteiger partial charge >= 0.3 is 5.97 Å². The molecule has 0 saturated carbocycles. The number of carbonyl (C=O) groups excluding carboxylic acids is 1. The van der Waals surface area contributed by atoms with Gasteiger partial charge in [-0.05, 0) is 55.5 Å². The molecule has 0 bridgehead atoms. The highest BCUT2D eigenvalue weighted by Crippen LogP contribution is 2.34. The predicted molar refractivity (Wildman–Crippen MR) is 114 cm³/mol. The van der Waals surface area contributed by atoms with Gasteiger partial charge < -0.3 is 14.5 Å². The molecule has 4 aromatic rings. The van der Waals surface area contributed by atoms with Crippen LogP contribution < -0.4 is 9.47 Å². The summed E-state index contributed by atoms with van der Waals surface area (Å²) in [5, 5.41) is 0.663. The van der Waals surface area contributed by atoms with Crippen LogP contribution in [0, 0.1) is 0 Å². The number of H-pyrrole nitrogens is 1. The van der Waals surface area contributed by atoms with E-state index in [0.717, 1.165) is 16.6 Å². The van der Waals surface area contributed by atoms with Crippen molar-refractivity contribution < 1.29 is 14.3 Å². The molecule has 0 atom stereocenters. The third-order valence-electron chi connectivity index (χ3n) is 4.26. The summed E-state index contributed by atoms with van der Waals surface area (Å²) in [4.78, 5) is 20.4. The summed E-state index contributed by atoms with van der Waals surface area (Å²) < 4.78 is 11.2. The molecule has 29 heavy (non-hydrogen) atoms. The van der Waals surface area contributed by atoms with Gasteiger partial charge in [-0.25, -0.2) is 9.78 Å². The number of imidazole rings is 1. The van der Waals surface area contributed by atoms with E-state index in [1.165, 1.54) is 12.1 Å². The van der Waals surface area contributed by atoms with E-state index in [1.807, 2.05) is 37.3 Å². The Kier molecular flexibility index (Phi) is 5.43. The molecule has 0 aliphatic carbocycles. The van der Waals surface area contributed by atoms with Crippen molar-refractivity contribution in [3.05, 3.63) is 76.3 Å². The fourth-order valence-corrected chi connectivity index (χ4v) is 3.39. The van der Waals surface area contributed by atoms with E-state index in [9.17, 15) is 4.79 Å².